The number of amides is 2. The SMILES string of the molecule is C=CC(=O)Nc1cccc(Nc2nc(Nc3ccc(Oc4ccnc(C(=O)NC)c4)cc3)ncc2NC)c1. The van der Waals surface area contributed by atoms with Crippen molar-refractivity contribution >= 4 is 46.3 Å². The molecule has 0 aliphatic rings. The third-order valence-electron chi connectivity index (χ3n) is 5.17. The smallest absolute Gasteiger partial charge is 0.269 e. The highest BCUT2D eigenvalue weighted by Crippen LogP contribution is 2.28. The van der Waals surface area contributed by atoms with Crippen molar-refractivity contribution in [2.24, 2.45) is 0 Å². The van der Waals surface area contributed by atoms with E-state index in [-0.39, 0.29) is 17.5 Å². The van der Waals surface area contributed by atoms with Crippen molar-refractivity contribution in [3.05, 3.63) is 91.4 Å². The number of hydrogen-bond acceptors (Lipinski definition) is 9. The predicted octanol–water partition coefficient (Wildman–Crippen LogP) is 4.68. The number of nitrogens with one attached hydrogen (secondary N) is 5. The maximum atomic E-state index is 11.8. The topological polar surface area (TPSA) is 142 Å². The summed E-state index contributed by atoms with van der Waals surface area (Å²) in [5, 5.41) is 14.8. The van der Waals surface area contributed by atoms with E-state index in [4.69, 9.17) is 4.74 Å². The van der Waals surface area contributed by atoms with E-state index in [9.17, 15) is 9.59 Å². The van der Waals surface area contributed by atoms with Gasteiger partial charge in [-0.1, -0.05) is 12.6 Å². The molecule has 0 atom stereocenters. The second-order valence-corrected chi connectivity index (χ2v) is 7.81. The summed E-state index contributed by atoms with van der Waals surface area (Å²) in [6, 6.07) is 17.7. The molecule has 2 heterocycles. The Morgan fingerprint density at radius 1 is 0.895 bits per heavy atom. The summed E-state index contributed by atoms with van der Waals surface area (Å²) in [7, 11) is 3.32. The molecule has 192 valence electrons. The molecule has 2 aromatic heterocycles. The van der Waals surface area contributed by atoms with Gasteiger partial charge in [0.25, 0.3) is 5.91 Å². The standard InChI is InChI=1S/C27H26N8O3/c1-4-24(36)32-18-6-5-7-19(14-18)33-25-23(28-2)16-31-27(35-25)34-17-8-10-20(11-9-17)38-21-12-13-30-22(15-21)26(37)29-3/h4-16,28H,1H2,2-3H3,(H,29,37)(H,32,36)(H2,31,33,34,35). The monoisotopic (exact) mass is 510 g/mol. The van der Waals surface area contributed by atoms with Gasteiger partial charge in [0.1, 0.15) is 17.2 Å². The van der Waals surface area contributed by atoms with Crippen LogP contribution in [-0.4, -0.2) is 40.9 Å². The number of carbonyl (C=O) groups excluding carboxylic acids is 2. The van der Waals surface area contributed by atoms with Crippen LogP contribution in [-0.2, 0) is 4.79 Å². The van der Waals surface area contributed by atoms with E-state index < -0.39 is 0 Å². The van der Waals surface area contributed by atoms with Gasteiger partial charge < -0.3 is 31.3 Å². The average Bonchev–Trinajstić information content (AvgIpc) is 2.94. The zero-order valence-electron chi connectivity index (χ0n) is 20.8. The quantitative estimate of drug-likeness (QED) is 0.192. The minimum atomic E-state index is -0.294. The summed E-state index contributed by atoms with van der Waals surface area (Å²) in [4.78, 5) is 36.4. The van der Waals surface area contributed by atoms with Crippen molar-refractivity contribution in [2.45, 2.75) is 0 Å². The molecule has 2 aromatic carbocycles. The number of pyridine rings is 1. The minimum Gasteiger partial charge on any atom is -0.457 e. The van der Waals surface area contributed by atoms with Crippen LogP contribution in [0.3, 0.4) is 0 Å². The van der Waals surface area contributed by atoms with Gasteiger partial charge in [-0.15, -0.1) is 0 Å². The number of hydrogen-bond donors (Lipinski definition) is 5. The first-order valence-corrected chi connectivity index (χ1v) is 11.6. The number of rotatable bonds is 10. The molecule has 11 nitrogen and oxygen atoms in total. The lowest BCUT2D eigenvalue weighted by atomic mass is 10.2. The fraction of sp³-hybridized carbons (Fsp3) is 0.0741. The normalized spacial score (nSPS) is 10.2. The number of ether oxygens (including phenoxy) is 1. The van der Waals surface area contributed by atoms with Crippen LogP contribution in [0.25, 0.3) is 0 Å². The first kappa shape index (κ1) is 25.6. The van der Waals surface area contributed by atoms with Gasteiger partial charge in [0.05, 0.1) is 11.9 Å². The van der Waals surface area contributed by atoms with Crippen LogP contribution in [0.1, 0.15) is 10.5 Å². The summed E-state index contributed by atoms with van der Waals surface area (Å²) in [5.74, 6) is 1.41. The Bertz CT molecular complexity index is 1460. The van der Waals surface area contributed by atoms with Crippen LogP contribution in [0.4, 0.5) is 34.5 Å². The molecule has 0 aliphatic heterocycles. The molecule has 0 bridgehead atoms. The lowest BCUT2D eigenvalue weighted by Gasteiger charge is -2.14. The lowest BCUT2D eigenvalue weighted by molar-refractivity contribution is -0.111. The average molecular weight is 511 g/mol. The number of carbonyl (C=O) groups is 2. The maximum Gasteiger partial charge on any atom is 0.269 e. The maximum absolute atomic E-state index is 11.8. The van der Waals surface area contributed by atoms with Crippen molar-refractivity contribution in [3.8, 4) is 11.5 Å². The molecule has 5 N–H and O–H groups in total. The second kappa shape index (κ2) is 12.0. The molecule has 0 radical (unpaired) electrons. The number of anilines is 6. The van der Waals surface area contributed by atoms with Gasteiger partial charge in [0.15, 0.2) is 5.82 Å². The Labute approximate surface area is 219 Å². The van der Waals surface area contributed by atoms with Gasteiger partial charge >= 0.3 is 0 Å². The Morgan fingerprint density at radius 2 is 1.68 bits per heavy atom. The van der Waals surface area contributed by atoms with Crippen molar-refractivity contribution in [1.82, 2.24) is 20.3 Å². The highest BCUT2D eigenvalue weighted by molar-refractivity contribution is 5.99. The third-order valence-corrected chi connectivity index (χ3v) is 5.17. The van der Waals surface area contributed by atoms with E-state index in [0.717, 1.165) is 11.4 Å². The zero-order valence-corrected chi connectivity index (χ0v) is 20.8. The summed E-state index contributed by atoms with van der Waals surface area (Å²) < 4.78 is 5.85. The van der Waals surface area contributed by atoms with Gasteiger partial charge in [-0.3, -0.25) is 14.6 Å². The van der Waals surface area contributed by atoms with E-state index >= 15 is 0 Å². The van der Waals surface area contributed by atoms with Gasteiger partial charge in [-0.25, -0.2) is 4.98 Å². The van der Waals surface area contributed by atoms with Gasteiger partial charge in [-0.2, -0.15) is 4.98 Å². The highest BCUT2D eigenvalue weighted by atomic mass is 16.5. The molecule has 2 amide bonds. The fourth-order valence-corrected chi connectivity index (χ4v) is 3.32. The van der Waals surface area contributed by atoms with Crippen LogP contribution < -0.4 is 31.3 Å². The van der Waals surface area contributed by atoms with Gasteiger partial charge in [0.2, 0.25) is 11.9 Å². The van der Waals surface area contributed by atoms with Gasteiger partial charge in [0, 0.05) is 43.4 Å². The first-order chi connectivity index (χ1) is 18.5. The lowest BCUT2D eigenvalue weighted by Crippen LogP contribution is -2.18. The molecule has 0 spiro atoms. The summed E-state index contributed by atoms with van der Waals surface area (Å²) in [6.45, 7) is 3.47. The molecule has 0 saturated carbocycles. The Balaban J connectivity index is 1.46. The van der Waals surface area contributed by atoms with Crippen LogP contribution in [0.5, 0.6) is 11.5 Å². The molecular weight excluding hydrogens is 484 g/mol. The second-order valence-electron chi connectivity index (χ2n) is 7.81. The Hall–Kier alpha value is -5.45. The van der Waals surface area contributed by atoms with E-state index in [1.165, 1.54) is 12.3 Å². The zero-order chi connectivity index (χ0) is 26.9. The van der Waals surface area contributed by atoms with Crippen molar-refractivity contribution in [3.63, 3.8) is 0 Å². The molecule has 0 aliphatic carbocycles. The van der Waals surface area contributed by atoms with Crippen molar-refractivity contribution < 1.29 is 14.3 Å². The van der Waals surface area contributed by atoms with Crippen LogP contribution >= 0.6 is 0 Å². The number of aromatic nitrogens is 3. The Morgan fingerprint density at radius 3 is 2.42 bits per heavy atom. The predicted molar refractivity (Wildman–Crippen MR) is 148 cm³/mol. The van der Waals surface area contributed by atoms with Crippen LogP contribution in [0, 0.1) is 0 Å². The summed E-state index contributed by atoms with van der Waals surface area (Å²) in [6.07, 6.45) is 4.38. The van der Waals surface area contributed by atoms with E-state index in [1.807, 2.05) is 24.3 Å². The summed E-state index contributed by atoms with van der Waals surface area (Å²) >= 11 is 0. The number of nitrogens with zero attached hydrogens (tertiary/aromatic N) is 3. The minimum absolute atomic E-state index is 0.267. The molecule has 0 saturated heterocycles. The van der Waals surface area contributed by atoms with Crippen molar-refractivity contribution in [1.29, 1.82) is 0 Å². The molecular formula is C27H26N8O3. The molecule has 4 aromatic rings. The molecule has 0 unspecified atom stereocenters. The highest BCUT2D eigenvalue weighted by Gasteiger charge is 2.10. The van der Waals surface area contributed by atoms with E-state index in [1.54, 1.807) is 56.7 Å². The third kappa shape index (κ3) is 6.61. The summed E-state index contributed by atoms with van der Waals surface area (Å²) in [5.41, 5.74) is 3.05. The van der Waals surface area contributed by atoms with Gasteiger partial charge in [-0.05, 0) is 54.6 Å². The Kier molecular flexibility index (Phi) is 8.09. The largest absolute Gasteiger partial charge is 0.457 e. The van der Waals surface area contributed by atoms with Crippen LogP contribution in [0.2, 0.25) is 0 Å². The molecule has 4 rings (SSSR count). The fourth-order valence-electron chi connectivity index (χ4n) is 3.32. The van der Waals surface area contributed by atoms with E-state index in [0.29, 0.717) is 34.6 Å². The number of benzene rings is 2. The molecule has 0 fully saturated rings. The van der Waals surface area contributed by atoms with E-state index in [2.05, 4.69) is 48.1 Å². The first-order valence-electron chi connectivity index (χ1n) is 11.6. The van der Waals surface area contributed by atoms with Crippen LogP contribution in [0.15, 0.2) is 85.7 Å². The molecule has 11 heteroatoms. The molecule has 38 heavy (non-hydrogen) atoms. The van der Waals surface area contributed by atoms with Crippen molar-refractivity contribution in [2.75, 3.05) is 35.4 Å².